The Kier molecular flexibility index (Phi) is 3.49. The number of rotatable bonds is 1. The SMILES string of the molecule is O=Cc1ccc(C(Br)(Br)Br)cc1. The molecule has 12 heavy (non-hydrogen) atoms. The van der Waals surface area contributed by atoms with E-state index in [1.807, 2.05) is 12.1 Å². The normalized spacial score (nSPS) is 11.2. The summed E-state index contributed by atoms with van der Waals surface area (Å²) < 4.78 is -0.394. The lowest BCUT2D eigenvalue weighted by Crippen LogP contribution is -1.96. The van der Waals surface area contributed by atoms with Gasteiger partial charge in [0.15, 0.2) is 2.14 Å². The number of carbonyl (C=O) groups is 1. The van der Waals surface area contributed by atoms with Gasteiger partial charge in [0.25, 0.3) is 0 Å². The molecular weight excluding hydrogens is 352 g/mol. The summed E-state index contributed by atoms with van der Waals surface area (Å²) >= 11 is 10.1. The van der Waals surface area contributed by atoms with Crippen LogP contribution in [0.1, 0.15) is 15.9 Å². The van der Waals surface area contributed by atoms with Gasteiger partial charge in [0.2, 0.25) is 0 Å². The first-order chi connectivity index (χ1) is 5.54. The molecule has 0 unspecified atom stereocenters. The van der Waals surface area contributed by atoms with Gasteiger partial charge in [-0.15, -0.1) is 0 Å². The lowest BCUT2D eigenvalue weighted by Gasteiger charge is -2.11. The van der Waals surface area contributed by atoms with Crippen LogP contribution in [0.25, 0.3) is 0 Å². The largest absolute Gasteiger partial charge is 0.298 e. The second-order valence-corrected chi connectivity index (χ2v) is 9.00. The fourth-order valence-electron chi connectivity index (χ4n) is 0.751. The fourth-order valence-corrected chi connectivity index (χ4v) is 1.54. The molecule has 0 heterocycles. The number of hydrogen-bond donors (Lipinski definition) is 0. The summed E-state index contributed by atoms with van der Waals surface area (Å²) in [4.78, 5) is 10.3. The molecule has 1 rings (SSSR count). The first kappa shape index (κ1) is 10.4. The first-order valence-corrected chi connectivity index (χ1v) is 5.54. The number of halogens is 3. The standard InChI is InChI=1S/C8H5Br3O/c9-8(10,11)7-3-1-6(5-12)2-4-7/h1-5H. The Labute approximate surface area is 95.9 Å². The molecule has 64 valence electrons. The van der Waals surface area contributed by atoms with E-state index in [0.717, 1.165) is 11.8 Å². The van der Waals surface area contributed by atoms with E-state index in [4.69, 9.17) is 0 Å². The van der Waals surface area contributed by atoms with Gasteiger partial charge >= 0.3 is 0 Å². The molecule has 0 N–H and O–H groups in total. The number of carbonyl (C=O) groups excluding carboxylic acids is 1. The summed E-state index contributed by atoms with van der Waals surface area (Å²) in [5.41, 5.74) is 1.68. The summed E-state index contributed by atoms with van der Waals surface area (Å²) in [5.74, 6) is 0. The van der Waals surface area contributed by atoms with Crippen molar-refractivity contribution in [2.24, 2.45) is 0 Å². The smallest absolute Gasteiger partial charge is 0.159 e. The third kappa shape index (κ3) is 2.68. The van der Waals surface area contributed by atoms with Gasteiger partial charge in [0.1, 0.15) is 6.29 Å². The van der Waals surface area contributed by atoms with E-state index < -0.39 is 2.14 Å². The van der Waals surface area contributed by atoms with E-state index in [-0.39, 0.29) is 0 Å². The van der Waals surface area contributed by atoms with Gasteiger partial charge in [-0.05, 0) is 5.56 Å². The van der Waals surface area contributed by atoms with E-state index in [1.54, 1.807) is 12.1 Å². The Morgan fingerprint density at radius 3 is 1.92 bits per heavy atom. The minimum Gasteiger partial charge on any atom is -0.298 e. The molecule has 0 aromatic heterocycles. The quantitative estimate of drug-likeness (QED) is 0.552. The van der Waals surface area contributed by atoms with E-state index in [2.05, 4.69) is 47.8 Å². The van der Waals surface area contributed by atoms with Crippen LogP contribution in [-0.2, 0) is 2.14 Å². The van der Waals surface area contributed by atoms with Crippen molar-refractivity contribution in [3.8, 4) is 0 Å². The van der Waals surface area contributed by atoms with Crippen LogP contribution < -0.4 is 0 Å². The third-order valence-corrected chi connectivity index (χ3v) is 2.75. The van der Waals surface area contributed by atoms with Crippen molar-refractivity contribution in [1.82, 2.24) is 0 Å². The van der Waals surface area contributed by atoms with Crippen LogP contribution in [0.15, 0.2) is 24.3 Å². The van der Waals surface area contributed by atoms with Gasteiger partial charge in [0, 0.05) is 5.56 Å². The van der Waals surface area contributed by atoms with Crippen molar-refractivity contribution in [1.29, 1.82) is 0 Å². The van der Waals surface area contributed by atoms with Crippen molar-refractivity contribution in [3.63, 3.8) is 0 Å². The van der Waals surface area contributed by atoms with Gasteiger partial charge < -0.3 is 0 Å². The molecule has 4 heteroatoms. The zero-order valence-corrected chi connectivity index (χ0v) is 10.7. The molecule has 1 nitrogen and oxygen atoms in total. The number of aldehydes is 1. The zero-order chi connectivity index (χ0) is 9.19. The van der Waals surface area contributed by atoms with Gasteiger partial charge in [-0.3, -0.25) is 4.79 Å². The lowest BCUT2D eigenvalue weighted by molar-refractivity contribution is 0.112. The minimum absolute atomic E-state index is 0.394. The molecule has 0 saturated carbocycles. The summed E-state index contributed by atoms with van der Waals surface area (Å²) in [6, 6.07) is 7.26. The molecular formula is C8H5Br3O. The maximum absolute atomic E-state index is 10.3. The topological polar surface area (TPSA) is 17.1 Å². The van der Waals surface area contributed by atoms with E-state index >= 15 is 0 Å². The Balaban J connectivity index is 3.00. The first-order valence-electron chi connectivity index (χ1n) is 3.16. The van der Waals surface area contributed by atoms with Crippen molar-refractivity contribution >= 4 is 54.1 Å². The summed E-state index contributed by atoms with van der Waals surface area (Å²) in [5, 5.41) is 0. The number of hydrogen-bond acceptors (Lipinski definition) is 1. The van der Waals surface area contributed by atoms with E-state index in [1.165, 1.54) is 0 Å². The van der Waals surface area contributed by atoms with Crippen molar-refractivity contribution in [2.45, 2.75) is 2.14 Å². The third-order valence-electron chi connectivity index (χ3n) is 1.37. The molecule has 0 atom stereocenters. The molecule has 0 amide bonds. The van der Waals surface area contributed by atoms with Crippen LogP contribution in [0.2, 0.25) is 0 Å². The monoisotopic (exact) mass is 354 g/mol. The Bertz CT molecular complexity index is 273. The Hall–Kier alpha value is 0.330. The number of alkyl halides is 3. The van der Waals surface area contributed by atoms with Gasteiger partial charge in [-0.2, -0.15) is 0 Å². The molecule has 0 bridgehead atoms. The molecule has 1 aromatic carbocycles. The number of benzene rings is 1. The average molecular weight is 357 g/mol. The highest BCUT2D eigenvalue weighted by Crippen LogP contribution is 2.44. The summed E-state index contributed by atoms with van der Waals surface area (Å²) in [7, 11) is 0. The van der Waals surface area contributed by atoms with Crippen molar-refractivity contribution < 1.29 is 4.79 Å². The average Bonchev–Trinajstić information content (AvgIpc) is 2.03. The maximum Gasteiger partial charge on any atom is 0.159 e. The van der Waals surface area contributed by atoms with E-state index in [0.29, 0.717) is 5.56 Å². The second kappa shape index (κ2) is 4.03. The highest BCUT2D eigenvalue weighted by molar-refractivity contribution is 9.38. The van der Waals surface area contributed by atoms with Crippen LogP contribution in [0.4, 0.5) is 0 Å². The molecule has 1 aromatic rings. The van der Waals surface area contributed by atoms with E-state index in [9.17, 15) is 4.79 Å². The molecule has 0 aliphatic rings. The maximum atomic E-state index is 10.3. The molecule has 0 radical (unpaired) electrons. The molecule has 0 aliphatic carbocycles. The molecule has 0 spiro atoms. The fraction of sp³-hybridized carbons (Fsp3) is 0.125. The van der Waals surface area contributed by atoms with Gasteiger partial charge in [-0.25, -0.2) is 0 Å². The lowest BCUT2D eigenvalue weighted by atomic mass is 10.2. The zero-order valence-electron chi connectivity index (χ0n) is 5.93. The predicted molar refractivity (Wildman–Crippen MR) is 60.3 cm³/mol. The van der Waals surface area contributed by atoms with Crippen LogP contribution in [0, 0.1) is 0 Å². The summed E-state index contributed by atoms with van der Waals surface area (Å²) in [6.45, 7) is 0. The Morgan fingerprint density at radius 2 is 1.58 bits per heavy atom. The molecule has 0 aliphatic heterocycles. The van der Waals surface area contributed by atoms with Crippen LogP contribution >= 0.6 is 47.8 Å². The Morgan fingerprint density at radius 1 is 1.08 bits per heavy atom. The second-order valence-electron chi connectivity index (χ2n) is 2.24. The highest BCUT2D eigenvalue weighted by Gasteiger charge is 2.19. The van der Waals surface area contributed by atoms with Crippen molar-refractivity contribution in [3.05, 3.63) is 35.4 Å². The van der Waals surface area contributed by atoms with Gasteiger partial charge in [-0.1, -0.05) is 72.1 Å². The van der Waals surface area contributed by atoms with Crippen molar-refractivity contribution in [2.75, 3.05) is 0 Å². The van der Waals surface area contributed by atoms with Gasteiger partial charge in [0.05, 0.1) is 0 Å². The predicted octanol–water partition coefficient (Wildman–Crippen LogP) is 3.79. The molecule has 0 saturated heterocycles. The van der Waals surface area contributed by atoms with Crippen LogP contribution in [-0.4, -0.2) is 6.29 Å². The van der Waals surface area contributed by atoms with Crippen LogP contribution in [0.5, 0.6) is 0 Å². The van der Waals surface area contributed by atoms with Crippen LogP contribution in [0.3, 0.4) is 0 Å². The molecule has 0 fully saturated rings. The summed E-state index contributed by atoms with van der Waals surface area (Å²) in [6.07, 6.45) is 0.822. The highest BCUT2D eigenvalue weighted by atomic mass is 80.0. The minimum atomic E-state index is -0.394.